The van der Waals surface area contributed by atoms with E-state index in [-0.39, 0.29) is 17.9 Å². The van der Waals surface area contributed by atoms with Crippen LogP contribution in [0, 0.1) is 0 Å². The first kappa shape index (κ1) is 13.9. The average molecular weight is 296 g/mol. The van der Waals surface area contributed by atoms with E-state index < -0.39 is 0 Å². The molecular formula is C14H20N2O3S. The van der Waals surface area contributed by atoms with Gasteiger partial charge in [-0.3, -0.25) is 0 Å². The van der Waals surface area contributed by atoms with Crippen LogP contribution in [0.4, 0.5) is 10.5 Å². The zero-order valence-corrected chi connectivity index (χ0v) is 12.2. The van der Waals surface area contributed by atoms with E-state index in [9.17, 15) is 4.79 Å². The minimum absolute atomic E-state index is 0.0404. The molecule has 2 heterocycles. The fraction of sp³-hybridized carbons (Fsp3) is 0.643. The summed E-state index contributed by atoms with van der Waals surface area (Å²) in [6.07, 6.45) is 5.51. The van der Waals surface area contributed by atoms with Gasteiger partial charge in [0.2, 0.25) is 0 Å². The molecule has 2 amide bonds. The van der Waals surface area contributed by atoms with Gasteiger partial charge in [-0.15, -0.1) is 0 Å². The Balaban J connectivity index is 1.42. The lowest BCUT2D eigenvalue weighted by Gasteiger charge is -2.31. The first-order valence-electron chi connectivity index (χ1n) is 7.15. The Labute approximate surface area is 122 Å². The number of urea groups is 1. The zero-order chi connectivity index (χ0) is 13.8. The van der Waals surface area contributed by atoms with Crippen LogP contribution in [0.1, 0.15) is 32.1 Å². The van der Waals surface area contributed by atoms with Crippen molar-refractivity contribution in [1.29, 1.82) is 0 Å². The van der Waals surface area contributed by atoms with Crippen LogP contribution in [-0.4, -0.2) is 31.1 Å². The summed E-state index contributed by atoms with van der Waals surface area (Å²) < 4.78 is 11.9. The van der Waals surface area contributed by atoms with Crippen LogP contribution in [-0.2, 0) is 9.47 Å². The van der Waals surface area contributed by atoms with E-state index in [0.29, 0.717) is 13.2 Å². The van der Waals surface area contributed by atoms with E-state index in [1.165, 1.54) is 19.3 Å². The van der Waals surface area contributed by atoms with Crippen molar-refractivity contribution < 1.29 is 14.3 Å². The van der Waals surface area contributed by atoms with E-state index in [0.717, 1.165) is 18.5 Å². The molecular weight excluding hydrogens is 276 g/mol. The van der Waals surface area contributed by atoms with Crippen LogP contribution in [0.3, 0.4) is 0 Å². The zero-order valence-electron chi connectivity index (χ0n) is 11.4. The number of rotatable bonds is 3. The van der Waals surface area contributed by atoms with E-state index in [2.05, 4.69) is 10.6 Å². The quantitative estimate of drug-likeness (QED) is 0.901. The fourth-order valence-electron chi connectivity index (χ4n) is 2.79. The molecule has 0 bridgehead atoms. The van der Waals surface area contributed by atoms with Gasteiger partial charge in [0.1, 0.15) is 6.10 Å². The molecule has 1 aliphatic carbocycles. The minimum atomic E-state index is -0.367. The Hall–Kier alpha value is -1.11. The lowest BCUT2D eigenvalue weighted by atomic mass is 9.94. The highest BCUT2D eigenvalue weighted by Gasteiger charge is 2.42. The second-order valence-corrected chi connectivity index (χ2v) is 6.15. The van der Waals surface area contributed by atoms with Crippen LogP contribution >= 0.6 is 11.3 Å². The van der Waals surface area contributed by atoms with E-state index in [4.69, 9.17) is 9.47 Å². The normalized spacial score (nSPS) is 24.7. The number of anilines is 1. The smallest absolute Gasteiger partial charge is 0.319 e. The minimum Gasteiger partial charge on any atom is -0.347 e. The maximum absolute atomic E-state index is 11.7. The first-order valence-corrected chi connectivity index (χ1v) is 8.09. The summed E-state index contributed by atoms with van der Waals surface area (Å²) >= 11 is 1.55. The van der Waals surface area contributed by atoms with E-state index in [1.54, 1.807) is 11.3 Å². The van der Waals surface area contributed by atoms with Gasteiger partial charge < -0.3 is 20.1 Å². The number of hydrogen-bond donors (Lipinski definition) is 2. The molecule has 1 saturated carbocycles. The number of hydrogen-bond acceptors (Lipinski definition) is 4. The molecule has 110 valence electrons. The summed E-state index contributed by atoms with van der Waals surface area (Å²) in [5, 5.41) is 9.44. The predicted octanol–water partition coefficient (Wildman–Crippen LogP) is 2.95. The van der Waals surface area contributed by atoms with Crippen molar-refractivity contribution in [2.75, 3.05) is 18.5 Å². The standard InChI is InChI=1S/C14H20N2O3S/c17-13(16-11-4-7-20-10-11)15-8-12-9-18-14(19-12)5-2-1-3-6-14/h4,7,10,12H,1-3,5-6,8-9H2,(H2,15,16,17)/t12-/m1/s1. The molecule has 1 saturated heterocycles. The lowest BCUT2D eigenvalue weighted by Crippen LogP contribution is -2.38. The van der Waals surface area contributed by atoms with Crippen molar-refractivity contribution in [3.05, 3.63) is 16.8 Å². The highest BCUT2D eigenvalue weighted by molar-refractivity contribution is 7.08. The summed E-state index contributed by atoms with van der Waals surface area (Å²) in [5.41, 5.74) is 0.819. The number of carbonyl (C=O) groups is 1. The number of carbonyl (C=O) groups excluding carboxylic acids is 1. The van der Waals surface area contributed by atoms with Crippen LogP contribution in [0.2, 0.25) is 0 Å². The molecule has 1 aromatic rings. The molecule has 1 aliphatic heterocycles. The Kier molecular flexibility index (Phi) is 4.24. The van der Waals surface area contributed by atoms with Gasteiger partial charge in [-0.25, -0.2) is 4.79 Å². The topological polar surface area (TPSA) is 59.6 Å². The Morgan fingerprint density at radius 1 is 1.40 bits per heavy atom. The Bertz CT molecular complexity index is 443. The SMILES string of the molecule is O=C(NC[C@@H]1COC2(CCCCC2)O1)Nc1ccsc1. The van der Waals surface area contributed by atoms with E-state index >= 15 is 0 Å². The van der Waals surface area contributed by atoms with Gasteiger partial charge in [-0.05, 0) is 24.3 Å². The summed E-state index contributed by atoms with van der Waals surface area (Å²) in [6, 6.07) is 1.67. The second-order valence-electron chi connectivity index (χ2n) is 5.37. The molecule has 2 fully saturated rings. The Morgan fingerprint density at radius 3 is 3.00 bits per heavy atom. The molecule has 20 heavy (non-hydrogen) atoms. The number of amides is 2. The van der Waals surface area contributed by atoms with Crippen LogP contribution in [0.5, 0.6) is 0 Å². The predicted molar refractivity (Wildman–Crippen MR) is 78.0 cm³/mol. The van der Waals surface area contributed by atoms with Gasteiger partial charge >= 0.3 is 6.03 Å². The fourth-order valence-corrected chi connectivity index (χ4v) is 3.38. The van der Waals surface area contributed by atoms with Crippen LogP contribution < -0.4 is 10.6 Å². The van der Waals surface area contributed by atoms with Gasteiger partial charge in [0.25, 0.3) is 0 Å². The molecule has 0 aromatic carbocycles. The largest absolute Gasteiger partial charge is 0.347 e. The van der Waals surface area contributed by atoms with Crippen LogP contribution in [0.25, 0.3) is 0 Å². The molecule has 1 spiro atoms. The lowest BCUT2D eigenvalue weighted by molar-refractivity contribution is -0.186. The molecule has 5 nitrogen and oxygen atoms in total. The third kappa shape index (κ3) is 3.31. The van der Waals surface area contributed by atoms with Gasteiger partial charge in [0, 0.05) is 24.8 Å². The van der Waals surface area contributed by atoms with Gasteiger partial charge in [-0.2, -0.15) is 11.3 Å². The molecule has 3 rings (SSSR count). The van der Waals surface area contributed by atoms with Crippen molar-refractivity contribution in [2.45, 2.75) is 44.0 Å². The van der Waals surface area contributed by atoms with Crippen molar-refractivity contribution >= 4 is 23.1 Å². The second kappa shape index (κ2) is 6.11. The highest BCUT2D eigenvalue weighted by atomic mass is 32.1. The summed E-state index contributed by atoms with van der Waals surface area (Å²) in [5.74, 6) is -0.367. The third-order valence-electron chi connectivity index (χ3n) is 3.80. The van der Waals surface area contributed by atoms with E-state index in [1.807, 2.05) is 16.8 Å². The van der Waals surface area contributed by atoms with Gasteiger partial charge in [-0.1, -0.05) is 6.42 Å². The number of ether oxygens (including phenoxy) is 2. The molecule has 0 radical (unpaired) electrons. The van der Waals surface area contributed by atoms with Crippen LogP contribution in [0.15, 0.2) is 16.8 Å². The maximum atomic E-state index is 11.7. The first-order chi connectivity index (χ1) is 9.76. The summed E-state index contributed by atoms with van der Waals surface area (Å²) in [7, 11) is 0. The molecule has 2 aliphatic rings. The van der Waals surface area contributed by atoms with Gasteiger partial charge in [0.05, 0.1) is 12.3 Å². The monoisotopic (exact) mass is 296 g/mol. The summed E-state index contributed by atoms with van der Waals surface area (Å²) in [6.45, 7) is 1.05. The Morgan fingerprint density at radius 2 is 2.25 bits per heavy atom. The molecule has 2 N–H and O–H groups in total. The van der Waals surface area contributed by atoms with Crippen molar-refractivity contribution in [3.63, 3.8) is 0 Å². The van der Waals surface area contributed by atoms with Gasteiger partial charge in [0.15, 0.2) is 5.79 Å². The molecule has 6 heteroatoms. The maximum Gasteiger partial charge on any atom is 0.319 e. The highest BCUT2D eigenvalue weighted by Crippen LogP contribution is 2.37. The number of nitrogens with one attached hydrogen (secondary N) is 2. The number of thiophene rings is 1. The molecule has 1 aromatic heterocycles. The van der Waals surface area contributed by atoms with Crippen molar-refractivity contribution in [2.24, 2.45) is 0 Å². The third-order valence-corrected chi connectivity index (χ3v) is 4.48. The van der Waals surface area contributed by atoms with Crippen molar-refractivity contribution in [3.8, 4) is 0 Å². The summed E-state index contributed by atoms with van der Waals surface area (Å²) in [4.78, 5) is 11.7. The molecule has 1 atom stereocenters. The average Bonchev–Trinajstić information content (AvgIpc) is 3.08. The molecule has 0 unspecified atom stereocenters. The van der Waals surface area contributed by atoms with Crippen molar-refractivity contribution in [1.82, 2.24) is 5.32 Å².